The molecule has 5 nitrogen and oxygen atoms in total. The molecule has 2 rings (SSSR count). The summed E-state index contributed by atoms with van der Waals surface area (Å²) in [4.78, 5) is 6.72. The fourth-order valence-corrected chi connectivity index (χ4v) is 4.08. The average molecular weight is 493 g/mol. The minimum absolute atomic E-state index is 0. The van der Waals surface area contributed by atoms with Gasteiger partial charge in [0, 0.05) is 13.1 Å². The lowest BCUT2D eigenvalue weighted by Gasteiger charge is -2.21. The van der Waals surface area contributed by atoms with Crippen LogP contribution in [-0.4, -0.2) is 44.7 Å². The summed E-state index contributed by atoms with van der Waals surface area (Å²) < 4.78 is 25.0. The zero-order valence-electron chi connectivity index (χ0n) is 16.1. The molecule has 1 saturated heterocycles. The van der Waals surface area contributed by atoms with Crippen molar-refractivity contribution < 1.29 is 8.42 Å². The standard InChI is InChI=1S/C19H31N3O2S.HI/c1-19(2,3)16-8-10-17(11-9-16)25(23,24)15-12-21-18(20)22-13-6-4-5-7-14-22;/h8-11H,4-7,12-15H2,1-3H3,(H2,20,21);1H. The fraction of sp³-hybridized carbons (Fsp3) is 0.632. The molecule has 1 aliphatic heterocycles. The molecule has 0 atom stereocenters. The second-order valence-electron chi connectivity index (χ2n) is 7.73. The van der Waals surface area contributed by atoms with E-state index in [9.17, 15) is 8.42 Å². The Kier molecular flexibility index (Phi) is 8.85. The first-order valence-electron chi connectivity index (χ1n) is 9.08. The van der Waals surface area contributed by atoms with Gasteiger partial charge in [0.2, 0.25) is 0 Å². The number of hydrogen-bond donors (Lipinski definition) is 1. The summed E-state index contributed by atoms with van der Waals surface area (Å²) in [6.45, 7) is 8.35. The van der Waals surface area contributed by atoms with Gasteiger partial charge in [-0.3, -0.25) is 4.99 Å². The van der Waals surface area contributed by atoms with Crippen LogP contribution in [0.4, 0.5) is 0 Å². The summed E-state index contributed by atoms with van der Waals surface area (Å²) in [7, 11) is -3.34. The monoisotopic (exact) mass is 493 g/mol. The molecule has 1 aliphatic rings. The highest BCUT2D eigenvalue weighted by Crippen LogP contribution is 2.23. The number of nitrogens with zero attached hydrogens (tertiary/aromatic N) is 2. The summed E-state index contributed by atoms with van der Waals surface area (Å²) >= 11 is 0. The maximum Gasteiger partial charge on any atom is 0.191 e. The predicted octanol–water partition coefficient (Wildman–Crippen LogP) is 3.57. The van der Waals surface area contributed by atoms with Crippen molar-refractivity contribution in [2.75, 3.05) is 25.4 Å². The molecule has 0 aliphatic carbocycles. The Bertz CT molecular complexity index is 686. The van der Waals surface area contributed by atoms with E-state index >= 15 is 0 Å². The molecule has 1 aromatic carbocycles. The van der Waals surface area contributed by atoms with Crippen molar-refractivity contribution in [1.29, 1.82) is 0 Å². The Hall–Kier alpha value is -0.830. The third kappa shape index (κ3) is 6.72. The molecular weight excluding hydrogens is 461 g/mol. The van der Waals surface area contributed by atoms with Crippen LogP contribution >= 0.6 is 24.0 Å². The van der Waals surface area contributed by atoms with Gasteiger partial charge in [0.1, 0.15) is 0 Å². The van der Waals surface area contributed by atoms with E-state index in [-0.39, 0.29) is 41.7 Å². The third-order valence-electron chi connectivity index (χ3n) is 4.64. The normalized spacial score (nSPS) is 16.7. The van der Waals surface area contributed by atoms with Gasteiger partial charge in [0.05, 0.1) is 17.2 Å². The van der Waals surface area contributed by atoms with Crippen LogP contribution in [0.3, 0.4) is 0 Å². The van der Waals surface area contributed by atoms with Crippen LogP contribution < -0.4 is 5.73 Å². The van der Waals surface area contributed by atoms with Gasteiger partial charge in [-0.1, -0.05) is 45.7 Å². The Labute approximate surface area is 175 Å². The molecule has 1 heterocycles. The Morgan fingerprint density at radius 2 is 1.62 bits per heavy atom. The fourth-order valence-electron chi connectivity index (χ4n) is 2.96. The van der Waals surface area contributed by atoms with E-state index < -0.39 is 9.84 Å². The number of nitrogens with two attached hydrogens (primary N) is 1. The van der Waals surface area contributed by atoms with Gasteiger partial charge in [-0.2, -0.15) is 0 Å². The van der Waals surface area contributed by atoms with Crippen LogP contribution in [0.25, 0.3) is 0 Å². The number of aliphatic imine (C=N–C) groups is 1. The van der Waals surface area contributed by atoms with Crippen molar-refractivity contribution in [3.8, 4) is 0 Å². The first kappa shape index (κ1) is 23.2. The summed E-state index contributed by atoms with van der Waals surface area (Å²) in [5.41, 5.74) is 7.16. The zero-order valence-corrected chi connectivity index (χ0v) is 19.2. The van der Waals surface area contributed by atoms with Crippen LogP contribution in [-0.2, 0) is 15.3 Å². The van der Waals surface area contributed by atoms with Gasteiger partial charge < -0.3 is 10.6 Å². The van der Waals surface area contributed by atoms with E-state index in [1.165, 1.54) is 12.8 Å². The number of likely N-dealkylation sites (tertiary alicyclic amines) is 1. The van der Waals surface area contributed by atoms with Gasteiger partial charge in [0.15, 0.2) is 15.8 Å². The highest BCUT2D eigenvalue weighted by Gasteiger charge is 2.18. The molecule has 0 saturated carbocycles. The lowest BCUT2D eigenvalue weighted by atomic mass is 9.87. The van der Waals surface area contributed by atoms with E-state index in [0.717, 1.165) is 31.5 Å². The van der Waals surface area contributed by atoms with E-state index in [2.05, 4.69) is 30.7 Å². The molecule has 0 unspecified atom stereocenters. The van der Waals surface area contributed by atoms with E-state index in [1.54, 1.807) is 12.1 Å². The van der Waals surface area contributed by atoms with Crippen LogP contribution in [0.15, 0.2) is 34.2 Å². The molecule has 0 radical (unpaired) electrons. The molecule has 1 fully saturated rings. The van der Waals surface area contributed by atoms with E-state index in [4.69, 9.17) is 5.73 Å². The van der Waals surface area contributed by atoms with Gasteiger partial charge in [-0.05, 0) is 36.0 Å². The van der Waals surface area contributed by atoms with Crippen molar-refractivity contribution in [1.82, 2.24) is 4.90 Å². The molecule has 0 aromatic heterocycles. The first-order valence-corrected chi connectivity index (χ1v) is 10.7. The molecule has 7 heteroatoms. The second-order valence-corrected chi connectivity index (χ2v) is 9.84. The van der Waals surface area contributed by atoms with Crippen molar-refractivity contribution in [2.45, 2.75) is 56.8 Å². The maximum atomic E-state index is 12.5. The molecule has 0 spiro atoms. The maximum absolute atomic E-state index is 12.5. The summed E-state index contributed by atoms with van der Waals surface area (Å²) in [6, 6.07) is 7.17. The smallest absolute Gasteiger partial charge is 0.191 e. The molecule has 0 bridgehead atoms. The Morgan fingerprint density at radius 3 is 2.12 bits per heavy atom. The average Bonchev–Trinajstić information content (AvgIpc) is 2.83. The van der Waals surface area contributed by atoms with Crippen LogP contribution in [0.5, 0.6) is 0 Å². The van der Waals surface area contributed by atoms with Crippen LogP contribution in [0.2, 0.25) is 0 Å². The topological polar surface area (TPSA) is 75.8 Å². The van der Waals surface area contributed by atoms with E-state index in [1.807, 2.05) is 12.1 Å². The number of sulfone groups is 1. The van der Waals surface area contributed by atoms with Gasteiger partial charge >= 0.3 is 0 Å². The number of guanidine groups is 1. The first-order chi connectivity index (χ1) is 11.7. The van der Waals surface area contributed by atoms with Gasteiger partial charge in [0.25, 0.3) is 0 Å². The van der Waals surface area contributed by atoms with Gasteiger partial charge in [-0.15, -0.1) is 24.0 Å². The predicted molar refractivity (Wildman–Crippen MR) is 119 cm³/mol. The van der Waals surface area contributed by atoms with Crippen molar-refractivity contribution in [2.24, 2.45) is 10.7 Å². The number of benzene rings is 1. The Balaban J connectivity index is 0.00000338. The minimum Gasteiger partial charge on any atom is -0.370 e. The lowest BCUT2D eigenvalue weighted by Crippen LogP contribution is -2.38. The Morgan fingerprint density at radius 1 is 1.08 bits per heavy atom. The van der Waals surface area contributed by atoms with Crippen molar-refractivity contribution >= 4 is 39.8 Å². The third-order valence-corrected chi connectivity index (χ3v) is 6.35. The summed E-state index contributed by atoms with van der Waals surface area (Å²) in [6.07, 6.45) is 4.69. The van der Waals surface area contributed by atoms with Crippen LogP contribution in [0.1, 0.15) is 52.0 Å². The number of rotatable bonds is 4. The molecule has 0 amide bonds. The largest absolute Gasteiger partial charge is 0.370 e. The highest BCUT2D eigenvalue weighted by molar-refractivity contribution is 14.0. The SMILES string of the molecule is CC(C)(C)c1ccc(S(=O)(=O)CCN=C(N)N2CCCCCC2)cc1.I. The lowest BCUT2D eigenvalue weighted by molar-refractivity contribution is 0.429. The molecule has 2 N–H and O–H groups in total. The van der Waals surface area contributed by atoms with Crippen LogP contribution in [0, 0.1) is 0 Å². The molecule has 148 valence electrons. The second kappa shape index (κ2) is 9.92. The molecule has 1 aromatic rings. The summed E-state index contributed by atoms with van der Waals surface area (Å²) in [5.74, 6) is 0.455. The molecular formula is C19H32IN3O2S. The van der Waals surface area contributed by atoms with Crippen molar-refractivity contribution in [3.05, 3.63) is 29.8 Å². The van der Waals surface area contributed by atoms with Crippen molar-refractivity contribution in [3.63, 3.8) is 0 Å². The quantitative estimate of drug-likeness (QED) is 0.396. The molecule has 26 heavy (non-hydrogen) atoms. The van der Waals surface area contributed by atoms with Gasteiger partial charge in [-0.25, -0.2) is 8.42 Å². The summed E-state index contributed by atoms with van der Waals surface area (Å²) in [5, 5.41) is 0. The van der Waals surface area contributed by atoms with E-state index in [0.29, 0.717) is 10.9 Å². The highest BCUT2D eigenvalue weighted by atomic mass is 127. The number of hydrogen-bond acceptors (Lipinski definition) is 3. The zero-order chi connectivity index (χ0) is 18.5. The minimum atomic E-state index is -3.34. The number of halogens is 1.